The van der Waals surface area contributed by atoms with Crippen LogP contribution in [0.2, 0.25) is 0 Å². The topological polar surface area (TPSA) is 29.3 Å². The maximum absolute atomic E-state index is 6.21. The monoisotopic (exact) mass is 224 g/mol. The van der Waals surface area contributed by atoms with E-state index in [4.69, 9.17) is 5.73 Å². The van der Waals surface area contributed by atoms with Gasteiger partial charge in [0, 0.05) is 25.2 Å². The Hall–Kier alpha value is -0.0800. The van der Waals surface area contributed by atoms with Crippen molar-refractivity contribution in [3.8, 4) is 0 Å². The number of hydrogen-bond donors (Lipinski definition) is 1. The Kier molecular flexibility index (Phi) is 3.91. The molecule has 2 rings (SSSR count). The predicted octanol–water partition coefficient (Wildman–Crippen LogP) is 2.48. The molecular weight excluding hydrogens is 196 g/mol. The Morgan fingerprint density at radius 3 is 2.25 bits per heavy atom. The smallest absolute Gasteiger partial charge is 0.0171 e. The lowest BCUT2D eigenvalue weighted by Crippen LogP contribution is -2.53. The number of nitrogens with zero attached hydrogens (tertiary/aromatic N) is 1. The molecule has 3 atom stereocenters. The molecule has 1 saturated heterocycles. The molecule has 2 heteroatoms. The van der Waals surface area contributed by atoms with Crippen molar-refractivity contribution in [2.75, 3.05) is 13.1 Å². The molecule has 1 aliphatic carbocycles. The summed E-state index contributed by atoms with van der Waals surface area (Å²) in [6.07, 6.45) is 5.56. The summed E-state index contributed by atoms with van der Waals surface area (Å²) in [5, 5.41) is 0. The van der Waals surface area contributed by atoms with E-state index >= 15 is 0 Å². The van der Waals surface area contributed by atoms with Crippen molar-refractivity contribution in [2.45, 2.75) is 58.5 Å². The van der Waals surface area contributed by atoms with Crippen molar-refractivity contribution < 1.29 is 0 Å². The molecule has 0 radical (unpaired) electrons. The van der Waals surface area contributed by atoms with Gasteiger partial charge in [0.1, 0.15) is 0 Å². The van der Waals surface area contributed by atoms with Gasteiger partial charge in [-0.15, -0.1) is 0 Å². The van der Waals surface area contributed by atoms with E-state index in [9.17, 15) is 0 Å². The fourth-order valence-electron chi connectivity index (χ4n) is 3.25. The van der Waals surface area contributed by atoms with E-state index in [0.29, 0.717) is 6.04 Å². The zero-order valence-corrected chi connectivity index (χ0v) is 11.2. The quantitative estimate of drug-likeness (QED) is 0.798. The number of nitrogens with two attached hydrogens (primary N) is 1. The van der Waals surface area contributed by atoms with Gasteiger partial charge < -0.3 is 5.73 Å². The van der Waals surface area contributed by atoms with Crippen LogP contribution >= 0.6 is 0 Å². The molecule has 0 spiro atoms. The third-order valence-electron chi connectivity index (χ3n) is 4.89. The SMILES string of the molecule is CC(C)C1CC(N)CN(C(C)C2CCC2)C1. The van der Waals surface area contributed by atoms with E-state index in [2.05, 4.69) is 25.7 Å². The number of rotatable bonds is 3. The molecular formula is C14H28N2. The van der Waals surface area contributed by atoms with Crippen molar-refractivity contribution >= 4 is 0 Å². The summed E-state index contributed by atoms with van der Waals surface area (Å²) >= 11 is 0. The lowest BCUT2D eigenvalue weighted by molar-refractivity contribution is 0.0469. The normalized spacial score (nSPS) is 35.1. The fraction of sp³-hybridized carbons (Fsp3) is 1.00. The zero-order valence-electron chi connectivity index (χ0n) is 11.2. The standard InChI is InChI=1S/C14H28N2/c1-10(2)13-7-14(15)9-16(8-13)11(3)12-5-4-6-12/h10-14H,4-9,15H2,1-3H3. The molecule has 1 heterocycles. The van der Waals surface area contributed by atoms with E-state index in [1.807, 2.05) is 0 Å². The van der Waals surface area contributed by atoms with Crippen molar-refractivity contribution in [1.82, 2.24) is 4.90 Å². The van der Waals surface area contributed by atoms with Gasteiger partial charge in [-0.2, -0.15) is 0 Å². The van der Waals surface area contributed by atoms with Crippen LogP contribution < -0.4 is 5.73 Å². The Balaban J connectivity index is 1.92. The van der Waals surface area contributed by atoms with Crippen LogP contribution in [0.3, 0.4) is 0 Å². The van der Waals surface area contributed by atoms with Gasteiger partial charge in [-0.05, 0) is 43.9 Å². The van der Waals surface area contributed by atoms with E-state index in [-0.39, 0.29) is 0 Å². The van der Waals surface area contributed by atoms with E-state index in [0.717, 1.165) is 30.3 Å². The second kappa shape index (κ2) is 5.05. The zero-order chi connectivity index (χ0) is 11.7. The van der Waals surface area contributed by atoms with E-state index < -0.39 is 0 Å². The van der Waals surface area contributed by atoms with Gasteiger partial charge in [0.15, 0.2) is 0 Å². The number of piperidine rings is 1. The summed E-state index contributed by atoms with van der Waals surface area (Å²) < 4.78 is 0. The first kappa shape index (κ1) is 12.4. The van der Waals surface area contributed by atoms with Crippen LogP contribution in [0.25, 0.3) is 0 Å². The van der Waals surface area contributed by atoms with Gasteiger partial charge in [0.25, 0.3) is 0 Å². The van der Waals surface area contributed by atoms with Crippen LogP contribution in [-0.2, 0) is 0 Å². The minimum Gasteiger partial charge on any atom is -0.327 e. The minimum atomic E-state index is 0.406. The van der Waals surface area contributed by atoms with Crippen LogP contribution in [0, 0.1) is 17.8 Å². The third kappa shape index (κ3) is 2.60. The molecule has 0 aromatic rings. The van der Waals surface area contributed by atoms with Crippen LogP contribution in [0.15, 0.2) is 0 Å². The number of likely N-dealkylation sites (tertiary alicyclic amines) is 1. The molecule has 0 bridgehead atoms. The summed E-state index contributed by atoms with van der Waals surface area (Å²) in [4.78, 5) is 2.67. The Morgan fingerprint density at radius 1 is 1.06 bits per heavy atom. The van der Waals surface area contributed by atoms with Crippen molar-refractivity contribution in [3.63, 3.8) is 0 Å². The molecule has 2 fully saturated rings. The first-order valence-corrected chi connectivity index (χ1v) is 7.07. The largest absolute Gasteiger partial charge is 0.327 e. The minimum absolute atomic E-state index is 0.406. The molecule has 0 aromatic heterocycles. The first-order chi connectivity index (χ1) is 7.58. The van der Waals surface area contributed by atoms with Crippen molar-refractivity contribution in [1.29, 1.82) is 0 Å². The summed E-state index contributed by atoms with van der Waals surface area (Å²) in [6.45, 7) is 9.51. The molecule has 94 valence electrons. The number of hydrogen-bond acceptors (Lipinski definition) is 2. The highest BCUT2D eigenvalue weighted by atomic mass is 15.2. The van der Waals surface area contributed by atoms with Gasteiger partial charge in [-0.25, -0.2) is 0 Å². The van der Waals surface area contributed by atoms with Crippen molar-refractivity contribution in [3.05, 3.63) is 0 Å². The van der Waals surface area contributed by atoms with Gasteiger partial charge in [-0.1, -0.05) is 20.3 Å². The fourth-order valence-corrected chi connectivity index (χ4v) is 3.25. The highest BCUT2D eigenvalue weighted by molar-refractivity contribution is 4.89. The van der Waals surface area contributed by atoms with E-state index in [1.165, 1.54) is 32.2 Å². The molecule has 16 heavy (non-hydrogen) atoms. The van der Waals surface area contributed by atoms with Crippen LogP contribution in [0.5, 0.6) is 0 Å². The molecule has 2 nitrogen and oxygen atoms in total. The predicted molar refractivity (Wildman–Crippen MR) is 69.3 cm³/mol. The van der Waals surface area contributed by atoms with E-state index in [1.54, 1.807) is 0 Å². The van der Waals surface area contributed by atoms with Crippen LogP contribution in [0.4, 0.5) is 0 Å². The molecule has 3 unspecified atom stereocenters. The highest BCUT2D eigenvalue weighted by Crippen LogP contribution is 2.34. The second-order valence-electron chi connectivity index (χ2n) is 6.39. The average Bonchev–Trinajstić information content (AvgIpc) is 2.13. The van der Waals surface area contributed by atoms with Gasteiger partial charge in [0.05, 0.1) is 0 Å². The molecule has 1 aliphatic heterocycles. The Labute approximate surface area is 101 Å². The lowest BCUT2D eigenvalue weighted by atomic mass is 9.78. The Morgan fingerprint density at radius 2 is 1.75 bits per heavy atom. The molecule has 0 aromatic carbocycles. The first-order valence-electron chi connectivity index (χ1n) is 7.07. The molecule has 1 saturated carbocycles. The maximum Gasteiger partial charge on any atom is 0.0171 e. The van der Waals surface area contributed by atoms with Gasteiger partial charge in [-0.3, -0.25) is 4.90 Å². The second-order valence-corrected chi connectivity index (χ2v) is 6.39. The molecule has 2 N–H and O–H groups in total. The highest BCUT2D eigenvalue weighted by Gasteiger charge is 2.34. The van der Waals surface area contributed by atoms with Crippen LogP contribution in [0.1, 0.15) is 46.5 Å². The average molecular weight is 224 g/mol. The summed E-state index contributed by atoms with van der Waals surface area (Å²) in [7, 11) is 0. The Bertz CT molecular complexity index is 223. The third-order valence-corrected chi connectivity index (χ3v) is 4.89. The summed E-state index contributed by atoms with van der Waals surface area (Å²) in [6, 6.07) is 1.17. The lowest BCUT2D eigenvalue weighted by Gasteiger charge is -2.45. The summed E-state index contributed by atoms with van der Waals surface area (Å²) in [5.41, 5.74) is 6.21. The van der Waals surface area contributed by atoms with Crippen LogP contribution in [-0.4, -0.2) is 30.1 Å². The maximum atomic E-state index is 6.21. The van der Waals surface area contributed by atoms with Crippen molar-refractivity contribution in [2.24, 2.45) is 23.5 Å². The van der Waals surface area contributed by atoms with Gasteiger partial charge in [0.2, 0.25) is 0 Å². The van der Waals surface area contributed by atoms with Gasteiger partial charge >= 0.3 is 0 Å². The summed E-state index contributed by atoms with van der Waals surface area (Å²) in [5.74, 6) is 2.55. The molecule has 2 aliphatic rings. The molecule has 0 amide bonds.